The van der Waals surface area contributed by atoms with E-state index in [-0.39, 0.29) is 24.0 Å². The average molecular weight is 403 g/mol. The number of hydrogen-bond acceptors (Lipinski definition) is 3. The predicted molar refractivity (Wildman–Crippen MR) is 97.8 cm³/mol. The van der Waals surface area contributed by atoms with Crippen molar-refractivity contribution >= 4 is 35.6 Å². The van der Waals surface area contributed by atoms with Gasteiger partial charge in [0.2, 0.25) is 0 Å². The first-order valence-corrected chi connectivity index (χ1v) is 6.43. The number of aliphatic imine (C=N–C) groups is 1. The Hall–Kier alpha value is -1.62. The van der Waals surface area contributed by atoms with E-state index >= 15 is 0 Å². The highest BCUT2D eigenvalue weighted by Gasteiger charge is 2.04. The molecule has 21 heavy (non-hydrogen) atoms. The minimum Gasteiger partial charge on any atom is -0.493 e. The van der Waals surface area contributed by atoms with Crippen LogP contribution in [0.1, 0.15) is 19.3 Å². The van der Waals surface area contributed by atoms with Gasteiger partial charge < -0.3 is 20.5 Å². The first-order chi connectivity index (χ1) is 9.71. The highest BCUT2D eigenvalue weighted by Crippen LogP contribution is 2.29. The van der Waals surface area contributed by atoms with Crippen LogP contribution in [0.15, 0.2) is 23.2 Å². The molecule has 0 aliphatic rings. The molecule has 0 bridgehead atoms. The number of benzene rings is 1. The third-order valence-corrected chi connectivity index (χ3v) is 2.67. The maximum Gasteiger partial charge on any atom is 0.193 e. The molecule has 0 heterocycles. The molecular weight excluding hydrogens is 381 g/mol. The van der Waals surface area contributed by atoms with Crippen molar-refractivity contribution < 1.29 is 9.47 Å². The third kappa shape index (κ3) is 7.09. The van der Waals surface area contributed by atoms with Crippen LogP contribution in [0.4, 0.5) is 5.69 Å². The number of hydrogen-bond donors (Lipinski definition) is 2. The Morgan fingerprint density at radius 3 is 2.62 bits per heavy atom. The molecule has 3 N–H and O–H groups in total. The molecule has 1 aromatic carbocycles. The van der Waals surface area contributed by atoms with E-state index in [1.807, 2.05) is 6.07 Å². The summed E-state index contributed by atoms with van der Waals surface area (Å²) in [5.74, 6) is 4.28. The van der Waals surface area contributed by atoms with E-state index < -0.39 is 0 Å². The minimum absolute atomic E-state index is 0. The maximum absolute atomic E-state index is 5.81. The maximum atomic E-state index is 5.81. The summed E-state index contributed by atoms with van der Waals surface area (Å²) >= 11 is 0. The van der Waals surface area contributed by atoms with Gasteiger partial charge >= 0.3 is 0 Å². The van der Waals surface area contributed by atoms with Crippen LogP contribution in [-0.2, 0) is 0 Å². The number of rotatable bonds is 7. The van der Waals surface area contributed by atoms with E-state index in [2.05, 4.69) is 16.2 Å². The van der Waals surface area contributed by atoms with E-state index in [0.29, 0.717) is 24.0 Å². The molecule has 0 aliphatic carbocycles. The fourth-order valence-corrected chi connectivity index (χ4v) is 1.64. The molecule has 0 atom stereocenters. The molecule has 0 amide bonds. The van der Waals surface area contributed by atoms with Crippen LogP contribution >= 0.6 is 24.0 Å². The van der Waals surface area contributed by atoms with Gasteiger partial charge in [-0.05, 0) is 25.0 Å². The molecule has 1 rings (SSSR count). The first kappa shape index (κ1) is 19.4. The monoisotopic (exact) mass is 403 g/mol. The summed E-state index contributed by atoms with van der Waals surface area (Å²) in [4.78, 5) is 4.23. The predicted octanol–water partition coefficient (Wildman–Crippen LogP) is 2.85. The van der Waals surface area contributed by atoms with Crippen LogP contribution in [0.3, 0.4) is 0 Å². The van der Waals surface area contributed by atoms with Crippen molar-refractivity contribution in [2.75, 3.05) is 26.1 Å². The molecule has 0 fully saturated rings. The molecule has 6 heteroatoms. The van der Waals surface area contributed by atoms with Gasteiger partial charge in [0.15, 0.2) is 17.5 Å². The van der Waals surface area contributed by atoms with Gasteiger partial charge in [-0.15, -0.1) is 36.3 Å². The van der Waals surface area contributed by atoms with Gasteiger partial charge in [0.1, 0.15) is 0 Å². The Morgan fingerprint density at radius 2 is 2.00 bits per heavy atom. The third-order valence-electron chi connectivity index (χ3n) is 2.67. The van der Waals surface area contributed by atoms with Gasteiger partial charge in [0.05, 0.1) is 14.2 Å². The second kappa shape index (κ2) is 11.1. The van der Waals surface area contributed by atoms with Gasteiger partial charge in [-0.1, -0.05) is 0 Å². The van der Waals surface area contributed by atoms with Crippen molar-refractivity contribution in [3.05, 3.63) is 18.2 Å². The van der Waals surface area contributed by atoms with Crippen LogP contribution in [0.5, 0.6) is 11.5 Å². The Balaban J connectivity index is 0.00000400. The molecular formula is C15H22IN3O2. The number of guanidine groups is 1. The molecule has 0 spiro atoms. The Morgan fingerprint density at radius 1 is 1.29 bits per heavy atom. The number of halogens is 1. The summed E-state index contributed by atoms with van der Waals surface area (Å²) in [6.07, 6.45) is 7.85. The molecule has 0 radical (unpaired) electrons. The second-order valence-electron chi connectivity index (χ2n) is 4.12. The summed E-state index contributed by atoms with van der Waals surface area (Å²) in [6, 6.07) is 5.46. The van der Waals surface area contributed by atoms with Crippen molar-refractivity contribution in [2.45, 2.75) is 19.3 Å². The molecule has 0 aliphatic heterocycles. The Kier molecular flexibility index (Phi) is 10.2. The summed E-state index contributed by atoms with van der Waals surface area (Å²) < 4.78 is 10.4. The highest BCUT2D eigenvalue weighted by molar-refractivity contribution is 14.0. The van der Waals surface area contributed by atoms with Gasteiger partial charge in [-0.2, -0.15) is 0 Å². The second-order valence-corrected chi connectivity index (χ2v) is 4.12. The molecule has 5 nitrogen and oxygen atoms in total. The molecule has 116 valence electrons. The van der Waals surface area contributed by atoms with Gasteiger partial charge in [-0.3, -0.25) is 4.99 Å². The van der Waals surface area contributed by atoms with Gasteiger partial charge in [0, 0.05) is 24.7 Å². The van der Waals surface area contributed by atoms with Crippen molar-refractivity contribution in [2.24, 2.45) is 10.7 Å². The van der Waals surface area contributed by atoms with E-state index in [9.17, 15) is 0 Å². The van der Waals surface area contributed by atoms with Crippen molar-refractivity contribution in [3.63, 3.8) is 0 Å². The van der Waals surface area contributed by atoms with E-state index in [0.717, 1.165) is 24.9 Å². The lowest BCUT2D eigenvalue weighted by Gasteiger charge is -2.10. The normalized spacial score (nSPS) is 10.2. The van der Waals surface area contributed by atoms with Crippen LogP contribution in [-0.4, -0.2) is 26.7 Å². The van der Waals surface area contributed by atoms with E-state index in [1.165, 1.54) is 0 Å². The number of nitrogens with zero attached hydrogens (tertiary/aromatic N) is 1. The minimum atomic E-state index is 0. The lowest BCUT2D eigenvalue weighted by molar-refractivity contribution is 0.355. The Bertz CT molecular complexity index is 498. The average Bonchev–Trinajstić information content (AvgIpc) is 2.46. The number of unbranched alkanes of at least 4 members (excludes halogenated alkanes) is 2. The highest BCUT2D eigenvalue weighted by atomic mass is 127. The standard InChI is InChI=1S/C15H21N3O2.HI/c1-4-5-6-7-10-17-15(16)18-12-8-9-13(19-2)14(11-12)20-3;/h1,8-9,11H,5-7,10H2,2-3H3,(H3,16,17,18);1H. The van der Waals surface area contributed by atoms with E-state index in [1.54, 1.807) is 26.4 Å². The summed E-state index contributed by atoms with van der Waals surface area (Å²) in [6.45, 7) is 0.661. The van der Waals surface area contributed by atoms with Crippen molar-refractivity contribution in [1.29, 1.82) is 0 Å². The molecule has 0 saturated heterocycles. The number of ether oxygens (including phenoxy) is 2. The summed E-state index contributed by atoms with van der Waals surface area (Å²) in [7, 11) is 3.18. The molecule has 0 aromatic heterocycles. The Labute approximate surface area is 143 Å². The SMILES string of the molecule is C#CCCCCN=C(N)Nc1ccc(OC)c(OC)c1.I. The zero-order chi connectivity index (χ0) is 14.8. The van der Waals surface area contributed by atoms with E-state index in [4.69, 9.17) is 21.6 Å². The van der Waals surface area contributed by atoms with Crippen LogP contribution in [0.25, 0.3) is 0 Å². The largest absolute Gasteiger partial charge is 0.493 e. The zero-order valence-corrected chi connectivity index (χ0v) is 14.7. The summed E-state index contributed by atoms with van der Waals surface area (Å²) in [5, 5.41) is 3.01. The number of terminal acetylenes is 1. The number of anilines is 1. The fourth-order valence-electron chi connectivity index (χ4n) is 1.64. The van der Waals surface area contributed by atoms with Crippen LogP contribution < -0.4 is 20.5 Å². The van der Waals surface area contributed by atoms with Gasteiger partial charge in [-0.25, -0.2) is 0 Å². The fraction of sp³-hybridized carbons (Fsp3) is 0.400. The lowest BCUT2D eigenvalue weighted by Crippen LogP contribution is -2.22. The lowest BCUT2D eigenvalue weighted by atomic mass is 10.2. The quantitative estimate of drug-likeness (QED) is 0.242. The van der Waals surface area contributed by atoms with Crippen LogP contribution in [0.2, 0.25) is 0 Å². The number of nitrogens with one attached hydrogen (secondary N) is 1. The first-order valence-electron chi connectivity index (χ1n) is 6.43. The molecule has 1 aromatic rings. The number of methoxy groups -OCH3 is 2. The van der Waals surface area contributed by atoms with Crippen molar-refractivity contribution in [1.82, 2.24) is 0 Å². The topological polar surface area (TPSA) is 68.9 Å². The molecule has 0 saturated carbocycles. The van der Waals surface area contributed by atoms with Crippen molar-refractivity contribution in [3.8, 4) is 23.8 Å². The molecule has 0 unspecified atom stereocenters. The number of nitrogens with two attached hydrogens (primary N) is 1. The summed E-state index contributed by atoms with van der Waals surface area (Å²) in [5.41, 5.74) is 6.61. The van der Waals surface area contributed by atoms with Gasteiger partial charge in [0.25, 0.3) is 0 Å². The zero-order valence-electron chi connectivity index (χ0n) is 12.4. The smallest absolute Gasteiger partial charge is 0.193 e. The van der Waals surface area contributed by atoms with Crippen LogP contribution in [0, 0.1) is 12.3 Å².